The molecule has 1 amide bonds. The maximum absolute atomic E-state index is 12.8. The number of imidazole rings is 1. The average molecular weight is 364 g/mol. The van der Waals surface area contributed by atoms with Crippen molar-refractivity contribution in [1.29, 1.82) is 0 Å². The summed E-state index contributed by atoms with van der Waals surface area (Å²) in [5, 5.41) is 2.96. The predicted molar refractivity (Wildman–Crippen MR) is 105 cm³/mol. The first-order valence-corrected chi connectivity index (χ1v) is 9.01. The van der Waals surface area contributed by atoms with E-state index < -0.39 is 0 Å². The number of anilines is 1. The Hall–Kier alpha value is -3.15. The molecule has 0 saturated carbocycles. The molecule has 0 bridgehead atoms. The minimum atomic E-state index is -0.270. The lowest BCUT2D eigenvalue weighted by Crippen LogP contribution is -2.26. The molecule has 3 rings (SSSR count). The molecule has 2 heterocycles. The quantitative estimate of drug-likeness (QED) is 0.650. The third-order valence-electron chi connectivity index (χ3n) is 4.42. The molecular formula is C21H24N4O2. The summed E-state index contributed by atoms with van der Waals surface area (Å²) in [5.41, 5.74) is 1.20. The van der Waals surface area contributed by atoms with Crippen LogP contribution in [-0.4, -0.2) is 25.8 Å². The summed E-state index contributed by atoms with van der Waals surface area (Å²) in [6.07, 6.45) is 7.88. The SMILES string of the molecule is CC(C)C[C@@H](C(=O)Nc1ccc(C(=O)c2nccn2C)cc1)n1cccc1. The summed E-state index contributed by atoms with van der Waals surface area (Å²) in [7, 11) is 1.78. The molecule has 140 valence electrons. The van der Waals surface area contributed by atoms with Gasteiger partial charge in [-0.2, -0.15) is 0 Å². The summed E-state index contributed by atoms with van der Waals surface area (Å²) >= 11 is 0. The van der Waals surface area contributed by atoms with Crippen molar-refractivity contribution in [1.82, 2.24) is 14.1 Å². The van der Waals surface area contributed by atoms with E-state index in [1.54, 1.807) is 48.3 Å². The van der Waals surface area contributed by atoms with Crippen molar-refractivity contribution >= 4 is 17.4 Å². The van der Waals surface area contributed by atoms with Gasteiger partial charge in [0.15, 0.2) is 5.82 Å². The monoisotopic (exact) mass is 364 g/mol. The number of aryl methyl sites for hydroxylation is 1. The molecule has 2 aromatic heterocycles. The maximum Gasteiger partial charge on any atom is 0.247 e. The van der Waals surface area contributed by atoms with E-state index in [1.807, 2.05) is 29.1 Å². The number of carbonyl (C=O) groups excluding carboxylic acids is 2. The van der Waals surface area contributed by atoms with E-state index in [0.29, 0.717) is 23.0 Å². The fraction of sp³-hybridized carbons (Fsp3) is 0.286. The highest BCUT2D eigenvalue weighted by Crippen LogP contribution is 2.21. The first-order chi connectivity index (χ1) is 13.0. The zero-order chi connectivity index (χ0) is 19.4. The fourth-order valence-corrected chi connectivity index (χ4v) is 3.01. The van der Waals surface area contributed by atoms with Gasteiger partial charge >= 0.3 is 0 Å². The number of benzene rings is 1. The second-order valence-corrected chi connectivity index (χ2v) is 7.03. The van der Waals surface area contributed by atoms with Gasteiger partial charge in [0.2, 0.25) is 11.7 Å². The number of amides is 1. The molecule has 0 saturated heterocycles. The molecule has 1 N–H and O–H groups in total. The molecule has 0 aliphatic carbocycles. The van der Waals surface area contributed by atoms with Gasteiger partial charge in [-0.05, 0) is 48.7 Å². The van der Waals surface area contributed by atoms with Gasteiger partial charge in [0.25, 0.3) is 0 Å². The summed E-state index contributed by atoms with van der Waals surface area (Å²) in [6.45, 7) is 4.20. The van der Waals surface area contributed by atoms with Crippen LogP contribution >= 0.6 is 0 Å². The highest BCUT2D eigenvalue weighted by atomic mass is 16.2. The van der Waals surface area contributed by atoms with Crippen molar-refractivity contribution in [3.63, 3.8) is 0 Å². The molecule has 1 atom stereocenters. The number of ketones is 1. The molecule has 6 nitrogen and oxygen atoms in total. The van der Waals surface area contributed by atoms with Crippen molar-refractivity contribution in [2.24, 2.45) is 13.0 Å². The molecule has 0 aliphatic heterocycles. The second kappa shape index (κ2) is 8.03. The molecule has 0 radical (unpaired) electrons. The van der Waals surface area contributed by atoms with Gasteiger partial charge in [0, 0.05) is 43.1 Å². The summed E-state index contributed by atoms with van der Waals surface area (Å²) in [5.74, 6) is 0.561. The highest BCUT2D eigenvalue weighted by molar-refractivity contribution is 6.07. The van der Waals surface area contributed by atoms with Crippen LogP contribution in [0.1, 0.15) is 42.5 Å². The first kappa shape index (κ1) is 18.6. The summed E-state index contributed by atoms with van der Waals surface area (Å²) < 4.78 is 3.61. The van der Waals surface area contributed by atoms with Crippen LogP contribution in [0.3, 0.4) is 0 Å². The number of hydrogen-bond donors (Lipinski definition) is 1. The number of aromatic nitrogens is 3. The largest absolute Gasteiger partial charge is 0.342 e. The van der Waals surface area contributed by atoms with Crippen LogP contribution in [0.4, 0.5) is 5.69 Å². The zero-order valence-corrected chi connectivity index (χ0v) is 15.8. The second-order valence-electron chi connectivity index (χ2n) is 7.03. The lowest BCUT2D eigenvalue weighted by atomic mass is 10.0. The number of carbonyl (C=O) groups is 2. The van der Waals surface area contributed by atoms with Crippen molar-refractivity contribution in [3.8, 4) is 0 Å². The molecule has 3 aromatic rings. The average Bonchev–Trinajstić information content (AvgIpc) is 3.31. The third kappa shape index (κ3) is 4.34. The van der Waals surface area contributed by atoms with Crippen LogP contribution < -0.4 is 5.32 Å². The van der Waals surface area contributed by atoms with E-state index in [4.69, 9.17) is 0 Å². The minimum absolute atomic E-state index is 0.0666. The van der Waals surface area contributed by atoms with Crippen molar-refractivity contribution < 1.29 is 9.59 Å². The van der Waals surface area contributed by atoms with Crippen LogP contribution in [0, 0.1) is 5.92 Å². The summed E-state index contributed by atoms with van der Waals surface area (Å²) in [6, 6.07) is 10.5. The third-order valence-corrected chi connectivity index (χ3v) is 4.42. The Kier molecular flexibility index (Phi) is 5.54. The van der Waals surface area contributed by atoms with Gasteiger partial charge < -0.3 is 14.5 Å². The number of nitrogens with zero attached hydrogens (tertiary/aromatic N) is 3. The van der Waals surface area contributed by atoms with Crippen LogP contribution in [0.5, 0.6) is 0 Å². The van der Waals surface area contributed by atoms with Crippen molar-refractivity contribution in [3.05, 3.63) is 72.6 Å². The number of rotatable bonds is 7. The lowest BCUT2D eigenvalue weighted by molar-refractivity contribution is -0.119. The van der Waals surface area contributed by atoms with Crippen LogP contribution in [0.25, 0.3) is 0 Å². The first-order valence-electron chi connectivity index (χ1n) is 9.01. The number of hydrogen-bond acceptors (Lipinski definition) is 3. The fourth-order valence-electron chi connectivity index (χ4n) is 3.01. The standard InChI is InChI=1S/C21H24N4O2/c1-15(2)14-18(25-11-4-5-12-25)21(27)23-17-8-6-16(7-9-17)19(26)20-22-10-13-24(20)3/h4-13,15,18H,14H2,1-3H3,(H,23,27)/t18-/m0/s1. The van der Waals surface area contributed by atoms with E-state index in [-0.39, 0.29) is 17.7 Å². The Labute approximate surface area is 158 Å². The highest BCUT2D eigenvalue weighted by Gasteiger charge is 2.21. The van der Waals surface area contributed by atoms with Crippen LogP contribution in [0.15, 0.2) is 61.2 Å². The molecule has 0 unspecified atom stereocenters. The number of nitrogens with one attached hydrogen (secondary N) is 1. The Morgan fingerprint density at radius 1 is 1.07 bits per heavy atom. The van der Waals surface area contributed by atoms with Crippen LogP contribution in [0.2, 0.25) is 0 Å². The molecule has 0 aliphatic rings. The Morgan fingerprint density at radius 2 is 1.74 bits per heavy atom. The van der Waals surface area contributed by atoms with E-state index in [9.17, 15) is 9.59 Å². The predicted octanol–water partition coefficient (Wildman–Crippen LogP) is 3.68. The topological polar surface area (TPSA) is 68.9 Å². The molecular weight excluding hydrogens is 340 g/mol. The Morgan fingerprint density at radius 3 is 2.30 bits per heavy atom. The van der Waals surface area contributed by atoms with E-state index in [2.05, 4.69) is 24.1 Å². The summed E-state index contributed by atoms with van der Waals surface area (Å²) in [4.78, 5) is 29.3. The smallest absolute Gasteiger partial charge is 0.247 e. The van der Waals surface area contributed by atoms with Gasteiger partial charge in [-0.15, -0.1) is 0 Å². The lowest BCUT2D eigenvalue weighted by Gasteiger charge is -2.20. The van der Waals surface area contributed by atoms with E-state index in [1.165, 1.54) is 0 Å². The Balaban J connectivity index is 1.72. The van der Waals surface area contributed by atoms with Gasteiger partial charge in [-0.25, -0.2) is 4.98 Å². The van der Waals surface area contributed by atoms with Crippen molar-refractivity contribution in [2.45, 2.75) is 26.3 Å². The molecule has 1 aromatic carbocycles. The van der Waals surface area contributed by atoms with E-state index >= 15 is 0 Å². The Bertz CT molecular complexity index is 908. The normalized spacial score (nSPS) is 12.1. The van der Waals surface area contributed by atoms with Crippen LogP contribution in [-0.2, 0) is 11.8 Å². The van der Waals surface area contributed by atoms with Gasteiger partial charge in [0.05, 0.1) is 0 Å². The molecule has 6 heteroatoms. The molecule has 0 fully saturated rings. The van der Waals surface area contributed by atoms with Gasteiger partial charge in [0.1, 0.15) is 6.04 Å². The van der Waals surface area contributed by atoms with Gasteiger partial charge in [-0.1, -0.05) is 13.8 Å². The van der Waals surface area contributed by atoms with E-state index in [0.717, 1.165) is 6.42 Å². The zero-order valence-electron chi connectivity index (χ0n) is 15.8. The maximum atomic E-state index is 12.8. The van der Waals surface area contributed by atoms with Crippen molar-refractivity contribution in [2.75, 3.05) is 5.32 Å². The van der Waals surface area contributed by atoms with Gasteiger partial charge in [-0.3, -0.25) is 9.59 Å². The minimum Gasteiger partial charge on any atom is -0.342 e. The molecule has 0 spiro atoms. The molecule has 27 heavy (non-hydrogen) atoms.